The lowest BCUT2D eigenvalue weighted by Gasteiger charge is -2.09. The van der Waals surface area contributed by atoms with E-state index < -0.39 is 54.9 Å². The first-order valence-corrected chi connectivity index (χ1v) is 5.27. The Hall–Kier alpha value is -1.90. The summed E-state index contributed by atoms with van der Waals surface area (Å²) >= 11 is 0. The molecule has 0 aromatic heterocycles. The van der Waals surface area contributed by atoms with E-state index in [1.54, 1.807) is 0 Å². The average Bonchev–Trinajstić information content (AvgIpc) is 2.31. The van der Waals surface area contributed by atoms with Gasteiger partial charge in [0.25, 0.3) is 0 Å². The van der Waals surface area contributed by atoms with Crippen molar-refractivity contribution in [1.29, 1.82) is 0 Å². The summed E-state index contributed by atoms with van der Waals surface area (Å²) in [4.78, 5) is 11.4. The molecule has 0 saturated carbocycles. The molecule has 9 heteroatoms. The molecule has 0 radical (unpaired) electrons. The van der Waals surface area contributed by atoms with Crippen molar-refractivity contribution in [1.82, 2.24) is 0 Å². The molecule has 0 aliphatic heterocycles. The first-order valence-electron chi connectivity index (χ1n) is 5.27. The highest BCUT2D eigenvalue weighted by Crippen LogP contribution is 2.17. The highest BCUT2D eigenvalue weighted by Gasteiger charge is 2.27. The lowest BCUT2D eigenvalue weighted by molar-refractivity contribution is -0.175. The summed E-state index contributed by atoms with van der Waals surface area (Å²) in [7, 11) is 0. The van der Waals surface area contributed by atoms with Crippen LogP contribution in [0.2, 0.25) is 0 Å². The number of halogens is 5. The summed E-state index contributed by atoms with van der Waals surface area (Å²) in [5.74, 6) is -3.39. The Balaban J connectivity index is 2.46. The molecule has 0 bridgehead atoms. The van der Waals surface area contributed by atoms with Crippen LogP contribution in [0.15, 0.2) is 12.1 Å². The van der Waals surface area contributed by atoms with Gasteiger partial charge in [0, 0.05) is 6.07 Å². The van der Waals surface area contributed by atoms with Gasteiger partial charge >= 0.3 is 12.1 Å². The summed E-state index contributed by atoms with van der Waals surface area (Å²) in [6.07, 6.45) is -4.48. The number of carbonyl (C=O) groups excluding carboxylic acids is 1. The van der Waals surface area contributed by atoms with Gasteiger partial charge in [-0.3, -0.25) is 0 Å². The fourth-order valence-electron chi connectivity index (χ4n) is 1.18. The van der Waals surface area contributed by atoms with Crippen molar-refractivity contribution in [3.63, 3.8) is 0 Å². The van der Waals surface area contributed by atoms with Crippen LogP contribution in [0.1, 0.15) is 10.4 Å². The molecule has 0 aliphatic rings. The van der Waals surface area contributed by atoms with Crippen molar-refractivity contribution < 1.29 is 36.2 Å². The van der Waals surface area contributed by atoms with Gasteiger partial charge in [0.15, 0.2) is 0 Å². The van der Waals surface area contributed by atoms with Gasteiger partial charge in [-0.1, -0.05) is 0 Å². The first-order chi connectivity index (χ1) is 9.20. The molecule has 0 heterocycles. The monoisotopic (exact) mass is 299 g/mol. The predicted octanol–water partition coefficient (Wildman–Crippen LogP) is 2.28. The van der Waals surface area contributed by atoms with E-state index in [1.807, 2.05) is 0 Å². The summed E-state index contributed by atoms with van der Waals surface area (Å²) in [5.41, 5.74) is 4.09. The van der Waals surface area contributed by atoms with Gasteiger partial charge in [-0.25, -0.2) is 13.6 Å². The Morgan fingerprint density at radius 2 is 1.80 bits per heavy atom. The fourth-order valence-corrected chi connectivity index (χ4v) is 1.18. The van der Waals surface area contributed by atoms with Crippen LogP contribution in [0.25, 0.3) is 0 Å². The molecule has 0 atom stereocenters. The van der Waals surface area contributed by atoms with Crippen molar-refractivity contribution in [3.8, 4) is 0 Å². The number of hydrogen-bond acceptors (Lipinski definition) is 4. The van der Waals surface area contributed by atoms with E-state index >= 15 is 0 Å². The second-order valence-corrected chi connectivity index (χ2v) is 3.66. The van der Waals surface area contributed by atoms with E-state index in [1.165, 1.54) is 0 Å². The molecular weight excluding hydrogens is 289 g/mol. The van der Waals surface area contributed by atoms with Crippen molar-refractivity contribution in [2.45, 2.75) is 6.18 Å². The van der Waals surface area contributed by atoms with Crippen LogP contribution in [0, 0.1) is 11.6 Å². The topological polar surface area (TPSA) is 61.6 Å². The molecule has 0 amide bonds. The quantitative estimate of drug-likeness (QED) is 0.392. The molecule has 0 spiro atoms. The van der Waals surface area contributed by atoms with Gasteiger partial charge in [0.2, 0.25) is 0 Å². The van der Waals surface area contributed by atoms with Gasteiger partial charge < -0.3 is 15.2 Å². The zero-order chi connectivity index (χ0) is 15.3. The van der Waals surface area contributed by atoms with Crippen LogP contribution < -0.4 is 5.73 Å². The molecule has 1 rings (SSSR count). The highest BCUT2D eigenvalue weighted by atomic mass is 19.4. The Morgan fingerprint density at radius 3 is 2.40 bits per heavy atom. The van der Waals surface area contributed by atoms with E-state index in [2.05, 4.69) is 9.47 Å². The van der Waals surface area contributed by atoms with Crippen LogP contribution in [0.5, 0.6) is 0 Å². The minimum Gasteiger partial charge on any atom is -0.460 e. The fraction of sp³-hybridized carbons (Fsp3) is 0.364. The number of nitrogen functional groups attached to an aromatic ring is 1. The maximum Gasteiger partial charge on any atom is 0.411 e. The number of benzene rings is 1. The molecular formula is C11H10F5NO3. The Bertz CT molecular complexity index is 490. The number of alkyl halides is 3. The maximum absolute atomic E-state index is 13.2. The van der Waals surface area contributed by atoms with Gasteiger partial charge in [-0.05, 0) is 6.07 Å². The third-order valence-electron chi connectivity index (χ3n) is 2.03. The molecule has 1 aromatic carbocycles. The van der Waals surface area contributed by atoms with Gasteiger partial charge in [0.1, 0.15) is 24.8 Å². The zero-order valence-electron chi connectivity index (χ0n) is 9.97. The van der Waals surface area contributed by atoms with E-state index in [4.69, 9.17) is 5.73 Å². The van der Waals surface area contributed by atoms with Crippen molar-refractivity contribution in [3.05, 3.63) is 29.3 Å². The van der Waals surface area contributed by atoms with Gasteiger partial charge in [-0.15, -0.1) is 0 Å². The van der Waals surface area contributed by atoms with Crippen molar-refractivity contribution in [2.75, 3.05) is 25.6 Å². The molecule has 2 N–H and O–H groups in total. The number of nitrogens with two attached hydrogens (primary N) is 1. The second kappa shape index (κ2) is 6.51. The van der Waals surface area contributed by atoms with Gasteiger partial charge in [0.05, 0.1) is 17.9 Å². The Labute approximate surface area is 110 Å². The molecule has 0 unspecified atom stereocenters. The Morgan fingerprint density at radius 1 is 1.15 bits per heavy atom. The largest absolute Gasteiger partial charge is 0.460 e. The molecule has 0 aliphatic carbocycles. The molecule has 112 valence electrons. The Kier molecular flexibility index (Phi) is 5.26. The lowest BCUT2D eigenvalue weighted by atomic mass is 10.2. The second-order valence-electron chi connectivity index (χ2n) is 3.66. The molecule has 0 fully saturated rings. The summed E-state index contributed by atoms with van der Waals surface area (Å²) in [5, 5.41) is 0. The normalized spacial score (nSPS) is 11.4. The molecule has 20 heavy (non-hydrogen) atoms. The van der Waals surface area contributed by atoms with Crippen molar-refractivity contribution >= 4 is 11.7 Å². The average molecular weight is 299 g/mol. The number of carbonyl (C=O) groups is 1. The standard InChI is InChI=1S/C11H10F5NO3/c12-7-4-8(13)9(17)3-6(7)10(18)20-2-1-19-5-11(14,15)16/h3-4H,1-2,5,17H2. The number of ether oxygens (including phenoxy) is 2. The number of hydrogen-bond donors (Lipinski definition) is 1. The van der Waals surface area contributed by atoms with Crippen molar-refractivity contribution in [2.24, 2.45) is 0 Å². The van der Waals surface area contributed by atoms with Crippen LogP contribution >= 0.6 is 0 Å². The zero-order valence-corrected chi connectivity index (χ0v) is 9.97. The molecule has 4 nitrogen and oxygen atoms in total. The number of rotatable bonds is 5. The highest BCUT2D eigenvalue weighted by molar-refractivity contribution is 5.90. The van der Waals surface area contributed by atoms with E-state index in [9.17, 15) is 26.7 Å². The van der Waals surface area contributed by atoms with Crippen LogP contribution in [-0.2, 0) is 9.47 Å². The molecule has 1 aromatic rings. The number of esters is 1. The smallest absolute Gasteiger partial charge is 0.411 e. The summed E-state index contributed by atoms with van der Waals surface area (Å²) < 4.78 is 69.9. The molecule has 0 saturated heterocycles. The SMILES string of the molecule is Nc1cc(C(=O)OCCOCC(F)(F)F)c(F)cc1F. The maximum atomic E-state index is 13.2. The van der Waals surface area contributed by atoms with E-state index in [0.717, 1.165) is 6.07 Å². The number of anilines is 1. The van der Waals surface area contributed by atoms with Crippen LogP contribution in [0.3, 0.4) is 0 Å². The predicted molar refractivity (Wildman–Crippen MR) is 57.9 cm³/mol. The third kappa shape index (κ3) is 5.00. The lowest BCUT2D eigenvalue weighted by Crippen LogP contribution is -2.20. The summed E-state index contributed by atoms with van der Waals surface area (Å²) in [6, 6.07) is 1.15. The van der Waals surface area contributed by atoms with Crippen LogP contribution in [-0.4, -0.2) is 32.0 Å². The van der Waals surface area contributed by atoms with E-state index in [0.29, 0.717) is 6.07 Å². The van der Waals surface area contributed by atoms with E-state index in [-0.39, 0.29) is 0 Å². The minimum absolute atomic E-state index is 0.409. The van der Waals surface area contributed by atoms with Crippen LogP contribution in [0.4, 0.5) is 27.6 Å². The first kappa shape index (κ1) is 16.2. The minimum atomic E-state index is -4.48. The summed E-state index contributed by atoms with van der Waals surface area (Å²) in [6.45, 7) is -2.50. The van der Waals surface area contributed by atoms with Gasteiger partial charge in [-0.2, -0.15) is 13.2 Å². The third-order valence-corrected chi connectivity index (χ3v) is 2.03.